The number of carbonyl (C=O) groups is 1. The van der Waals surface area contributed by atoms with E-state index in [1.165, 1.54) is 22.8 Å². The lowest BCUT2D eigenvalue weighted by Crippen LogP contribution is -2.20. The van der Waals surface area contributed by atoms with E-state index in [-0.39, 0.29) is 12.5 Å². The maximum atomic E-state index is 12.2. The summed E-state index contributed by atoms with van der Waals surface area (Å²) in [5, 5.41) is 22.5. The van der Waals surface area contributed by atoms with Crippen LogP contribution in [0.1, 0.15) is 0 Å². The Balaban J connectivity index is 1.60. The smallest absolute Gasteiger partial charge is 0.262 e. The zero-order valence-corrected chi connectivity index (χ0v) is 14.4. The lowest BCUT2D eigenvalue weighted by molar-refractivity contribution is -0.118. The second-order valence-electron chi connectivity index (χ2n) is 5.03. The Morgan fingerprint density at radius 1 is 1.27 bits per heavy atom. The highest BCUT2D eigenvalue weighted by Crippen LogP contribution is 2.26. The summed E-state index contributed by atoms with van der Waals surface area (Å²) in [7, 11) is 0. The van der Waals surface area contributed by atoms with Crippen molar-refractivity contribution in [3.05, 3.63) is 54.9 Å². The minimum absolute atomic E-state index is 0.143. The molecule has 1 amide bonds. The van der Waals surface area contributed by atoms with Gasteiger partial charge in [-0.3, -0.25) is 4.79 Å². The van der Waals surface area contributed by atoms with Crippen molar-refractivity contribution < 1.29 is 9.53 Å². The molecular weight excluding hydrogens is 352 g/mol. The van der Waals surface area contributed by atoms with Crippen LogP contribution in [0.4, 0.5) is 5.69 Å². The first-order valence-corrected chi connectivity index (χ1v) is 8.59. The highest BCUT2D eigenvalue weighted by Gasteiger charge is 2.08. The van der Waals surface area contributed by atoms with Gasteiger partial charge in [-0.05, 0) is 34.7 Å². The van der Waals surface area contributed by atoms with Gasteiger partial charge >= 0.3 is 0 Å². The summed E-state index contributed by atoms with van der Waals surface area (Å²) < 4.78 is 7.04. The second kappa shape index (κ2) is 8.64. The number of hydrogen-bond donors (Lipinski definition) is 1. The molecule has 0 aliphatic rings. The van der Waals surface area contributed by atoms with Crippen LogP contribution in [-0.2, 0) is 4.79 Å². The average Bonchev–Trinajstić information content (AvgIpc) is 3.21. The summed E-state index contributed by atoms with van der Waals surface area (Å²) in [6, 6.07) is 16.5. The first-order valence-electron chi connectivity index (χ1n) is 7.61. The molecule has 0 spiro atoms. The van der Waals surface area contributed by atoms with Gasteiger partial charge in [0.1, 0.15) is 12.1 Å². The monoisotopic (exact) mass is 366 g/mol. The van der Waals surface area contributed by atoms with Gasteiger partial charge in [-0.2, -0.15) is 5.26 Å². The Kier molecular flexibility index (Phi) is 5.80. The summed E-state index contributed by atoms with van der Waals surface area (Å²) in [5.74, 6) is 0.552. The molecule has 1 aromatic heterocycles. The van der Waals surface area contributed by atoms with Crippen molar-refractivity contribution >= 4 is 23.4 Å². The van der Waals surface area contributed by atoms with Crippen LogP contribution in [0.3, 0.4) is 0 Å². The highest BCUT2D eigenvalue weighted by molar-refractivity contribution is 7.99. The van der Waals surface area contributed by atoms with Crippen molar-refractivity contribution in [2.24, 2.45) is 0 Å². The van der Waals surface area contributed by atoms with E-state index in [1.807, 2.05) is 24.3 Å². The number of rotatable bonds is 7. The first-order chi connectivity index (χ1) is 12.8. The molecule has 0 fully saturated rings. The van der Waals surface area contributed by atoms with Crippen LogP contribution in [-0.4, -0.2) is 38.5 Å². The van der Waals surface area contributed by atoms with Crippen molar-refractivity contribution in [2.75, 3.05) is 17.7 Å². The Labute approximate surface area is 153 Å². The van der Waals surface area contributed by atoms with Gasteiger partial charge in [0.25, 0.3) is 5.91 Å². The number of nitriles is 1. The summed E-state index contributed by atoms with van der Waals surface area (Å²) >= 11 is 1.37. The molecule has 9 heteroatoms. The van der Waals surface area contributed by atoms with E-state index in [0.717, 1.165) is 10.6 Å². The van der Waals surface area contributed by atoms with Gasteiger partial charge in [-0.1, -0.05) is 18.2 Å². The summed E-state index contributed by atoms with van der Waals surface area (Å²) in [4.78, 5) is 13.0. The van der Waals surface area contributed by atoms with Crippen molar-refractivity contribution in [3.63, 3.8) is 0 Å². The molecule has 3 rings (SSSR count). The Hall–Kier alpha value is -3.38. The number of carbonyl (C=O) groups excluding carboxylic acids is 1. The third-order valence-electron chi connectivity index (χ3n) is 3.25. The van der Waals surface area contributed by atoms with Crippen LogP contribution in [0.15, 0.2) is 59.8 Å². The number of amides is 1. The lowest BCUT2D eigenvalue weighted by atomic mass is 10.3. The van der Waals surface area contributed by atoms with Gasteiger partial charge in [-0.25, -0.2) is 4.68 Å². The van der Waals surface area contributed by atoms with Gasteiger partial charge < -0.3 is 10.1 Å². The van der Waals surface area contributed by atoms with E-state index >= 15 is 0 Å². The molecule has 26 heavy (non-hydrogen) atoms. The Bertz CT molecular complexity index is 923. The molecule has 0 bridgehead atoms. The van der Waals surface area contributed by atoms with E-state index in [2.05, 4.69) is 26.9 Å². The molecule has 3 aromatic rings. The molecule has 0 aliphatic carbocycles. The number of aromatic nitrogens is 4. The van der Waals surface area contributed by atoms with Crippen molar-refractivity contribution in [1.82, 2.24) is 20.2 Å². The predicted octanol–water partition coefficient (Wildman–Crippen LogP) is 2.30. The minimum Gasteiger partial charge on any atom is -0.484 e. The lowest BCUT2D eigenvalue weighted by Gasteiger charge is -2.11. The zero-order chi connectivity index (χ0) is 18.2. The predicted molar refractivity (Wildman–Crippen MR) is 96.1 cm³/mol. The third-order valence-corrected chi connectivity index (χ3v) is 4.19. The second-order valence-corrected chi connectivity index (χ2v) is 6.05. The number of nitrogens with one attached hydrogen (secondary N) is 1. The fraction of sp³-hybridized carbons (Fsp3) is 0.118. The van der Waals surface area contributed by atoms with Crippen LogP contribution in [0.25, 0.3) is 5.69 Å². The van der Waals surface area contributed by atoms with Gasteiger partial charge in [-0.15, -0.1) is 16.9 Å². The quantitative estimate of drug-likeness (QED) is 0.640. The van der Waals surface area contributed by atoms with E-state index in [1.54, 1.807) is 24.3 Å². The molecular formula is C17H14N6O2S. The maximum absolute atomic E-state index is 12.2. The Morgan fingerprint density at radius 3 is 2.96 bits per heavy atom. The number of anilines is 1. The molecule has 0 unspecified atom stereocenters. The molecule has 0 atom stereocenters. The maximum Gasteiger partial charge on any atom is 0.262 e. The number of thioether (sulfide) groups is 1. The van der Waals surface area contributed by atoms with Crippen LogP contribution in [0.5, 0.6) is 5.75 Å². The molecule has 0 radical (unpaired) electrons. The average molecular weight is 366 g/mol. The summed E-state index contributed by atoms with van der Waals surface area (Å²) in [6.07, 6.45) is 1.47. The molecule has 1 N–H and O–H groups in total. The topological polar surface area (TPSA) is 106 Å². The van der Waals surface area contributed by atoms with Gasteiger partial charge in [0, 0.05) is 11.0 Å². The van der Waals surface area contributed by atoms with Gasteiger partial charge in [0.15, 0.2) is 6.61 Å². The van der Waals surface area contributed by atoms with Crippen molar-refractivity contribution in [1.29, 1.82) is 5.26 Å². The van der Waals surface area contributed by atoms with E-state index in [4.69, 9.17) is 10.00 Å². The molecule has 2 aromatic carbocycles. The molecule has 8 nitrogen and oxygen atoms in total. The summed E-state index contributed by atoms with van der Waals surface area (Å²) in [5.41, 5.74) is 1.38. The third kappa shape index (κ3) is 4.58. The SMILES string of the molecule is N#CCSc1ccccc1NC(=O)COc1cccc(-n2cnnn2)c1. The van der Waals surface area contributed by atoms with Gasteiger partial charge in [0.2, 0.25) is 0 Å². The van der Waals surface area contributed by atoms with Crippen LogP contribution in [0, 0.1) is 11.3 Å². The van der Waals surface area contributed by atoms with E-state index < -0.39 is 0 Å². The number of benzene rings is 2. The normalized spacial score (nSPS) is 10.1. The molecule has 0 aliphatic heterocycles. The minimum atomic E-state index is -0.289. The van der Waals surface area contributed by atoms with Gasteiger partial charge in [0.05, 0.1) is 23.2 Å². The fourth-order valence-corrected chi connectivity index (χ4v) is 2.81. The van der Waals surface area contributed by atoms with Crippen LogP contribution < -0.4 is 10.1 Å². The largest absolute Gasteiger partial charge is 0.484 e. The Morgan fingerprint density at radius 2 is 2.15 bits per heavy atom. The fourth-order valence-electron chi connectivity index (χ4n) is 2.14. The number of nitrogens with zero attached hydrogens (tertiary/aromatic N) is 5. The highest BCUT2D eigenvalue weighted by atomic mass is 32.2. The van der Waals surface area contributed by atoms with E-state index in [0.29, 0.717) is 17.2 Å². The van der Waals surface area contributed by atoms with Crippen LogP contribution in [0.2, 0.25) is 0 Å². The molecule has 130 valence electrons. The number of tetrazole rings is 1. The first kappa shape index (κ1) is 17.4. The molecule has 1 heterocycles. The molecule has 0 saturated carbocycles. The standard InChI is InChI=1S/C17H14N6O2S/c18-8-9-26-16-7-2-1-6-15(16)20-17(24)11-25-14-5-3-4-13(10-14)23-12-19-21-22-23/h1-7,10,12H,9,11H2,(H,20,24). The van der Waals surface area contributed by atoms with Crippen molar-refractivity contribution in [2.45, 2.75) is 4.90 Å². The number of hydrogen-bond acceptors (Lipinski definition) is 7. The molecule has 0 saturated heterocycles. The number of para-hydroxylation sites is 1. The zero-order valence-electron chi connectivity index (χ0n) is 13.6. The van der Waals surface area contributed by atoms with Crippen molar-refractivity contribution in [3.8, 4) is 17.5 Å². The number of ether oxygens (including phenoxy) is 1. The summed E-state index contributed by atoms with van der Waals surface area (Å²) in [6.45, 7) is -0.143. The van der Waals surface area contributed by atoms with Crippen LogP contribution >= 0.6 is 11.8 Å². The van der Waals surface area contributed by atoms with E-state index in [9.17, 15) is 4.79 Å².